The minimum absolute atomic E-state index is 0.147. The Labute approximate surface area is 195 Å². The molecule has 2 aromatic rings. The molecule has 4 rings (SSSR count). The second-order valence-electron chi connectivity index (χ2n) is 9.03. The monoisotopic (exact) mass is 457 g/mol. The van der Waals surface area contributed by atoms with E-state index in [1.54, 1.807) is 21.3 Å². The van der Waals surface area contributed by atoms with Crippen molar-refractivity contribution in [3.8, 4) is 17.2 Å². The predicted octanol–water partition coefficient (Wildman–Crippen LogP) is 4.14. The molecule has 1 amide bonds. The lowest BCUT2D eigenvalue weighted by molar-refractivity contribution is 0.0890. The van der Waals surface area contributed by atoms with Crippen molar-refractivity contribution in [2.75, 3.05) is 34.4 Å². The Hall–Kier alpha value is -2.74. The molecule has 8 nitrogen and oxygen atoms in total. The first-order valence-electron chi connectivity index (χ1n) is 11.9. The van der Waals surface area contributed by atoms with Gasteiger partial charge in [-0.2, -0.15) is 0 Å². The van der Waals surface area contributed by atoms with E-state index in [0.717, 1.165) is 56.6 Å². The van der Waals surface area contributed by atoms with E-state index in [4.69, 9.17) is 18.7 Å². The van der Waals surface area contributed by atoms with Gasteiger partial charge >= 0.3 is 0 Å². The highest BCUT2D eigenvalue weighted by Gasteiger charge is 2.27. The van der Waals surface area contributed by atoms with Crippen LogP contribution in [0.3, 0.4) is 0 Å². The summed E-state index contributed by atoms with van der Waals surface area (Å²) >= 11 is 0. The summed E-state index contributed by atoms with van der Waals surface area (Å²) in [6.07, 6.45) is 7.80. The highest BCUT2D eigenvalue weighted by Crippen LogP contribution is 2.39. The molecule has 1 aliphatic heterocycles. The number of hydrogen-bond acceptors (Lipinski definition) is 7. The number of methoxy groups -OCH3 is 3. The second kappa shape index (κ2) is 10.9. The lowest BCUT2D eigenvalue weighted by Crippen LogP contribution is -2.36. The molecule has 2 heterocycles. The Morgan fingerprint density at radius 2 is 1.76 bits per heavy atom. The van der Waals surface area contributed by atoms with Crippen molar-refractivity contribution in [3.05, 3.63) is 35.2 Å². The van der Waals surface area contributed by atoms with Gasteiger partial charge in [0, 0.05) is 31.1 Å². The normalized spacial score (nSPS) is 19.8. The molecule has 180 valence electrons. The van der Waals surface area contributed by atoms with Gasteiger partial charge in [0.05, 0.1) is 27.0 Å². The third-order valence-corrected chi connectivity index (χ3v) is 6.75. The molecule has 33 heavy (non-hydrogen) atoms. The molecular weight excluding hydrogens is 422 g/mol. The first-order chi connectivity index (χ1) is 16.1. The number of benzene rings is 1. The van der Waals surface area contributed by atoms with Gasteiger partial charge in [0.25, 0.3) is 5.91 Å². The number of rotatable bonds is 8. The second-order valence-corrected chi connectivity index (χ2v) is 9.03. The van der Waals surface area contributed by atoms with E-state index in [1.807, 2.05) is 18.2 Å². The summed E-state index contributed by atoms with van der Waals surface area (Å²) in [5.74, 6) is 2.32. The molecule has 0 bridgehead atoms. The molecule has 8 heteroatoms. The maximum Gasteiger partial charge on any atom is 0.290 e. The lowest BCUT2D eigenvalue weighted by Gasteiger charge is -2.32. The van der Waals surface area contributed by atoms with Crippen LogP contribution in [0.15, 0.2) is 22.7 Å². The summed E-state index contributed by atoms with van der Waals surface area (Å²) in [4.78, 5) is 15.0. The number of nitrogens with zero attached hydrogens (tertiary/aromatic N) is 2. The van der Waals surface area contributed by atoms with E-state index in [0.29, 0.717) is 23.0 Å². The van der Waals surface area contributed by atoms with Gasteiger partial charge in [0.2, 0.25) is 11.5 Å². The smallest absolute Gasteiger partial charge is 0.290 e. The van der Waals surface area contributed by atoms with Crippen LogP contribution in [0.1, 0.15) is 72.7 Å². The number of aromatic nitrogens is 1. The van der Waals surface area contributed by atoms with Crippen molar-refractivity contribution in [3.63, 3.8) is 0 Å². The van der Waals surface area contributed by atoms with Crippen molar-refractivity contribution >= 4 is 5.91 Å². The summed E-state index contributed by atoms with van der Waals surface area (Å²) in [6.45, 7) is 2.62. The molecule has 1 atom stereocenters. The fourth-order valence-corrected chi connectivity index (χ4v) is 5.02. The van der Waals surface area contributed by atoms with Crippen LogP contribution in [0, 0.1) is 0 Å². The number of carbonyl (C=O) groups is 1. The molecule has 1 saturated heterocycles. The number of nitrogens with one attached hydrogen (secondary N) is 1. The molecule has 2 aliphatic rings. The van der Waals surface area contributed by atoms with Gasteiger partial charge in [-0.1, -0.05) is 24.4 Å². The fourth-order valence-electron chi connectivity index (χ4n) is 5.02. The Morgan fingerprint density at radius 3 is 2.42 bits per heavy atom. The van der Waals surface area contributed by atoms with Gasteiger partial charge in [0.15, 0.2) is 11.5 Å². The van der Waals surface area contributed by atoms with E-state index >= 15 is 0 Å². The molecule has 1 unspecified atom stereocenters. The van der Waals surface area contributed by atoms with Crippen LogP contribution in [0.2, 0.25) is 0 Å². The fraction of sp³-hybridized carbons (Fsp3) is 0.600. The summed E-state index contributed by atoms with van der Waals surface area (Å²) in [7, 11) is 4.87. The molecule has 0 spiro atoms. The highest BCUT2D eigenvalue weighted by atomic mass is 16.5. The van der Waals surface area contributed by atoms with Crippen LogP contribution in [0.25, 0.3) is 0 Å². The van der Waals surface area contributed by atoms with Crippen LogP contribution in [-0.4, -0.2) is 56.4 Å². The Morgan fingerprint density at radius 1 is 1.03 bits per heavy atom. The standard InChI is InChI=1S/C25H35N3O5/c1-30-21-12-17(13-22(31-2)24(21)32-3)15-28-11-7-8-18(16-28)20-14-23(33-27-20)25(29)26-19-9-5-4-6-10-19/h12-14,18-19H,4-11,15-16H2,1-3H3,(H,26,29). The Bertz CT molecular complexity index is 913. The van der Waals surface area contributed by atoms with Crippen molar-refractivity contribution < 1.29 is 23.5 Å². The topological polar surface area (TPSA) is 86.1 Å². The first kappa shape index (κ1) is 23.4. The largest absolute Gasteiger partial charge is 0.493 e. The Kier molecular flexibility index (Phi) is 7.75. The number of carbonyl (C=O) groups excluding carboxylic acids is 1. The maximum atomic E-state index is 12.6. The molecular formula is C25H35N3O5. The molecule has 0 radical (unpaired) electrons. The third kappa shape index (κ3) is 5.61. The van der Waals surface area contributed by atoms with Gasteiger partial charge < -0.3 is 24.1 Å². The molecule has 1 saturated carbocycles. The van der Waals surface area contributed by atoms with Crippen molar-refractivity contribution in [1.29, 1.82) is 0 Å². The molecule has 2 fully saturated rings. The van der Waals surface area contributed by atoms with E-state index < -0.39 is 0 Å². The number of ether oxygens (including phenoxy) is 3. The van der Waals surface area contributed by atoms with Gasteiger partial charge in [-0.3, -0.25) is 9.69 Å². The van der Waals surface area contributed by atoms with Gasteiger partial charge in [0.1, 0.15) is 0 Å². The minimum atomic E-state index is -0.147. The molecule has 1 aromatic heterocycles. The van der Waals surface area contributed by atoms with E-state index in [-0.39, 0.29) is 17.9 Å². The maximum absolute atomic E-state index is 12.6. The van der Waals surface area contributed by atoms with Crippen molar-refractivity contribution in [1.82, 2.24) is 15.4 Å². The number of amides is 1. The number of likely N-dealkylation sites (tertiary alicyclic amines) is 1. The van der Waals surface area contributed by atoms with Crippen molar-refractivity contribution in [2.45, 2.75) is 63.5 Å². The number of hydrogen-bond donors (Lipinski definition) is 1. The summed E-state index contributed by atoms with van der Waals surface area (Å²) in [6, 6.07) is 6.07. The average molecular weight is 458 g/mol. The minimum Gasteiger partial charge on any atom is -0.493 e. The summed E-state index contributed by atoms with van der Waals surface area (Å²) in [5, 5.41) is 7.36. The van der Waals surface area contributed by atoms with E-state index in [9.17, 15) is 4.79 Å². The zero-order valence-electron chi connectivity index (χ0n) is 19.9. The average Bonchev–Trinajstić information content (AvgIpc) is 3.35. The van der Waals surface area contributed by atoms with Crippen LogP contribution >= 0.6 is 0 Å². The Balaban J connectivity index is 1.39. The molecule has 1 N–H and O–H groups in total. The van der Waals surface area contributed by atoms with E-state index in [2.05, 4.69) is 15.4 Å². The molecule has 1 aromatic carbocycles. The van der Waals surface area contributed by atoms with E-state index in [1.165, 1.54) is 19.3 Å². The summed E-state index contributed by atoms with van der Waals surface area (Å²) < 4.78 is 21.9. The zero-order chi connectivity index (χ0) is 23.2. The van der Waals surface area contributed by atoms with Gasteiger partial charge in [-0.05, 0) is 49.9 Å². The zero-order valence-corrected chi connectivity index (χ0v) is 19.9. The third-order valence-electron chi connectivity index (χ3n) is 6.75. The van der Waals surface area contributed by atoms with Crippen LogP contribution in [-0.2, 0) is 6.54 Å². The number of piperidine rings is 1. The van der Waals surface area contributed by atoms with Gasteiger partial charge in [-0.15, -0.1) is 0 Å². The first-order valence-corrected chi connectivity index (χ1v) is 11.9. The predicted molar refractivity (Wildman–Crippen MR) is 124 cm³/mol. The van der Waals surface area contributed by atoms with Crippen molar-refractivity contribution in [2.24, 2.45) is 0 Å². The summed E-state index contributed by atoms with van der Waals surface area (Å²) in [5.41, 5.74) is 1.95. The quantitative estimate of drug-likeness (QED) is 0.637. The van der Waals surface area contributed by atoms with Crippen LogP contribution in [0.4, 0.5) is 0 Å². The van der Waals surface area contributed by atoms with Crippen LogP contribution < -0.4 is 19.5 Å². The molecule has 1 aliphatic carbocycles. The lowest BCUT2D eigenvalue weighted by atomic mass is 9.94. The van der Waals surface area contributed by atoms with Gasteiger partial charge in [-0.25, -0.2) is 0 Å². The van der Waals surface area contributed by atoms with Crippen LogP contribution in [0.5, 0.6) is 17.2 Å². The highest BCUT2D eigenvalue weighted by molar-refractivity contribution is 5.91. The SMILES string of the molecule is COc1cc(CN2CCCC(c3cc(C(=O)NC4CCCCC4)on3)C2)cc(OC)c1OC.